The summed E-state index contributed by atoms with van der Waals surface area (Å²) >= 11 is 0. The van der Waals surface area contributed by atoms with Crippen LogP contribution in [0.15, 0.2) is 12.3 Å². The molecule has 0 saturated carbocycles. The highest BCUT2D eigenvalue weighted by molar-refractivity contribution is 6.66. The first-order chi connectivity index (χ1) is 11.4. The van der Waals surface area contributed by atoms with Crippen molar-refractivity contribution in [3.63, 3.8) is 0 Å². The highest BCUT2D eigenvalue weighted by Crippen LogP contribution is 2.15. The third-order valence-electron chi connectivity index (χ3n) is 3.02. The van der Waals surface area contributed by atoms with Crippen molar-refractivity contribution in [3.8, 4) is 0 Å². The Bertz CT molecular complexity index is 276. The van der Waals surface area contributed by atoms with Crippen LogP contribution in [-0.2, 0) is 31.3 Å². The summed E-state index contributed by atoms with van der Waals surface area (Å²) in [5, 5.41) is 0. The van der Waals surface area contributed by atoms with Crippen molar-refractivity contribution < 1.29 is 31.3 Å². The van der Waals surface area contributed by atoms with E-state index in [4.69, 9.17) is 31.3 Å². The minimum absolute atomic E-state index is 0.735. The molecule has 146 valence electrons. The van der Waals surface area contributed by atoms with E-state index < -0.39 is 17.6 Å². The van der Waals surface area contributed by atoms with Crippen LogP contribution in [0.25, 0.3) is 0 Å². The van der Waals surface area contributed by atoms with Gasteiger partial charge in [0.05, 0.1) is 12.9 Å². The molecule has 0 amide bonds. The molecule has 0 fully saturated rings. The molecule has 0 aromatic rings. The smallest absolute Gasteiger partial charge is 0.502 e. The van der Waals surface area contributed by atoms with Gasteiger partial charge in [0.2, 0.25) is 0 Å². The Balaban J connectivity index is 0. The Labute approximate surface area is 149 Å². The molecule has 9 heteroatoms. The summed E-state index contributed by atoms with van der Waals surface area (Å²) in [6, 6.07) is 0.992. The Morgan fingerprint density at radius 3 is 1.58 bits per heavy atom. The van der Waals surface area contributed by atoms with Crippen LogP contribution in [0, 0.1) is 0 Å². The van der Waals surface area contributed by atoms with Gasteiger partial charge < -0.3 is 31.3 Å². The maximum Gasteiger partial charge on any atom is 0.678 e. The monoisotopic (exact) mass is 384 g/mol. The molecule has 24 heavy (non-hydrogen) atoms. The topological polar surface area (TPSA) is 64.6 Å². The molecular formula is C15H36O7Si2. The lowest BCUT2D eigenvalue weighted by Crippen LogP contribution is -2.45. The van der Waals surface area contributed by atoms with Gasteiger partial charge in [0.15, 0.2) is 0 Å². The number of rotatable bonds is 13. The van der Waals surface area contributed by atoms with E-state index in [2.05, 4.69) is 6.55 Å². The van der Waals surface area contributed by atoms with E-state index >= 15 is 0 Å². The van der Waals surface area contributed by atoms with Crippen molar-refractivity contribution >= 4 is 17.6 Å². The average Bonchev–Trinajstić information content (AvgIpc) is 2.58. The molecule has 0 unspecified atom stereocenters. The van der Waals surface area contributed by atoms with Crippen LogP contribution in [0.3, 0.4) is 0 Å². The predicted molar refractivity (Wildman–Crippen MR) is 98.9 cm³/mol. The molecule has 0 saturated heterocycles. The van der Waals surface area contributed by atoms with Crippen molar-refractivity contribution in [1.29, 1.82) is 0 Å². The lowest BCUT2D eigenvalue weighted by atomic mass is 10.5. The summed E-state index contributed by atoms with van der Waals surface area (Å²) in [6.07, 6.45) is 4.61. The van der Waals surface area contributed by atoms with E-state index in [1.165, 1.54) is 28.4 Å². The summed E-state index contributed by atoms with van der Waals surface area (Å²) in [7, 11) is 1.35. The van der Waals surface area contributed by atoms with Crippen molar-refractivity contribution in [2.24, 2.45) is 0 Å². The van der Waals surface area contributed by atoms with Crippen LogP contribution in [0.1, 0.15) is 27.2 Å². The van der Waals surface area contributed by atoms with Crippen LogP contribution in [0.2, 0.25) is 12.6 Å². The first-order valence-electron chi connectivity index (χ1n) is 8.14. The zero-order chi connectivity index (χ0) is 18.9. The second-order valence-electron chi connectivity index (χ2n) is 4.76. The van der Waals surface area contributed by atoms with Crippen molar-refractivity contribution in [2.45, 2.75) is 39.8 Å². The van der Waals surface area contributed by atoms with Gasteiger partial charge >= 0.3 is 17.6 Å². The van der Waals surface area contributed by atoms with Crippen LogP contribution in [0.4, 0.5) is 0 Å². The first-order valence-corrected chi connectivity index (χ1v) is 12.3. The van der Waals surface area contributed by atoms with Gasteiger partial charge in [-0.25, -0.2) is 0 Å². The van der Waals surface area contributed by atoms with E-state index in [-0.39, 0.29) is 0 Å². The molecule has 0 aromatic carbocycles. The molecule has 0 radical (unpaired) electrons. The molecule has 0 atom stereocenters. The fraction of sp³-hybridized carbons (Fsp3) is 0.867. The molecule has 0 aliphatic carbocycles. The van der Waals surface area contributed by atoms with Gasteiger partial charge in [-0.3, -0.25) is 0 Å². The van der Waals surface area contributed by atoms with Crippen molar-refractivity contribution in [3.05, 3.63) is 12.3 Å². The van der Waals surface area contributed by atoms with Gasteiger partial charge in [-0.05, 0) is 39.8 Å². The zero-order valence-electron chi connectivity index (χ0n) is 16.5. The summed E-state index contributed by atoms with van der Waals surface area (Å²) < 4.78 is 36.1. The molecule has 0 bridgehead atoms. The minimum atomic E-state index is -2.69. The van der Waals surface area contributed by atoms with E-state index in [1.807, 2.05) is 26.8 Å². The SMILES string of the molecule is CC=COCCC[Si](C)(OCC)OCC.CO[Si](OC)(OC)OC. The summed E-state index contributed by atoms with van der Waals surface area (Å²) in [5.74, 6) is 0. The van der Waals surface area contributed by atoms with Gasteiger partial charge in [0.1, 0.15) is 0 Å². The fourth-order valence-electron chi connectivity index (χ4n) is 1.94. The molecule has 0 aliphatic heterocycles. The molecule has 0 aromatic heterocycles. The van der Waals surface area contributed by atoms with E-state index in [0.717, 1.165) is 32.3 Å². The number of allylic oxidation sites excluding steroid dienone is 1. The number of hydrogen-bond donors (Lipinski definition) is 0. The second kappa shape index (κ2) is 16.2. The van der Waals surface area contributed by atoms with Crippen LogP contribution in [0.5, 0.6) is 0 Å². The minimum Gasteiger partial charge on any atom is -0.502 e. The van der Waals surface area contributed by atoms with E-state index in [9.17, 15) is 0 Å². The van der Waals surface area contributed by atoms with Crippen molar-refractivity contribution in [2.75, 3.05) is 48.3 Å². The quantitative estimate of drug-likeness (QED) is 0.275. The first kappa shape index (κ1) is 26.0. The third kappa shape index (κ3) is 12.1. The highest BCUT2D eigenvalue weighted by Gasteiger charge is 2.40. The Kier molecular flexibility index (Phi) is 17.5. The molecular weight excluding hydrogens is 348 g/mol. The maximum absolute atomic E-state index is 5.72. The molecule has 0 N–H and O–H groups in total. The zero-order valence-corrected chi connectivity index (χ0v) is 18.5. The molecule has 0 spiro atoms. The van der Waals surface area contributed by atoms with Crippen LogP contribution in [-0.4, -0.2) is 65.9 Å². The van der Waals surface area contributed by atoms with Gasteiger partial charge in [0, 0.05) is 41.7 Å². The number of ether oxygens (including phenoxy) is 1. The van der Waals surface area contributed by atoms with Crippen LogP contribution < -0.4 is 0 Å². The Morgan fingerprint density at radius 2 is 1.29 bits per heavy atom. The Morgan fingerprint density at radius 1 is 0.833 bits per heavy atom. The molecule has 7 nitrogen and oxygen atoms in total. The summed E-state index contributed by atoms with van der Waals surface area (Å²) in [4.78, 5) is 0. The second-order valence-corrected chi connectivity index (χ2v) is 10.7. The van der Waals surface area contributed by atoms with Gasteiger partial charge in [-0.1, -0.05) is 6.08 Å². The molecule has 0 heterocycles. The lowest BCUT2D eigenvalue weighted by Gasteiger charge is -2.25. The van der Waals surface area contributed by atoms with Crippen molar-refractivity contribution in [1.82, 2.24) is 0 Å². The standard InChI is InChI=1S/C11H24O3Si.C4H12O4Si/c1-5-9-12-10-8-11-15(4,13-6-2)14-7-3;1-5-9(6-2,7-3)8-4/h5,9H,6-8,10-11H2,1-4H3;1-4H3. The van der Waals surface area contributed by atoms with E-state index in [1.54, 1.807) is 6.26 Å². The fourth-order valence-corrected chi connectivity index (χ4v) is 5.32. The number of hydrogen-bond acceptors (Lipinski definition) is 7. The summed E-state index contributed by atoms with van der Waals surface area (Å²) in [6.45, 7) is 10.3. The summed E-state index contributed by atoms with van der Waals surface area (Å²) in [5.41, 5.74) is 0. The third-order valence-corrected chi connectivity index (χ3v) is 8.09. The normalized spacial score (nSPS) is 12.2. The largest absolute Gasteiger partial charge is 0.678 e. The highest BCUT2D eigenvalue weighted by atomic mass is 28.4. The molecule has 0 rings (SSSR count). The maximum atomic E-state index is 5.72. The lowest BCUT2D eigenvalue weighted by molar-refractivity contribution is 0.0226. The molecule has 0 aliphatic rings. The van der Waals surface area contributed by atoms with E-state index in [0.29, 0.717) is 0 Å². The predicted octanol–water partition coefficient (Wildman–Crippen LogP) is 3.08. The van der Waals surface area contributed by atoms with Gasteiger partial charge in [-0.2, -0.15) is 0 Å². The average molecular weight is 385 g/mol. The van der Waals surface area contributed by atoms with Gasteiger partial charge in [-0.15, -0.1) is 0 Å². The van der Waals surface area contributed by atoms with Gasteiger partial charge in [0.25, 0.3) is 0 Å². The Hall–Kier alpha value is -0.266. The van der Waals surface area contributed by atoms with Crippen LogP contribution >= 0.6 is 0 Å².